The van der Waals surface area contributed by atoms with Crippen LogP contribution >= 0.6 is 34.9 Å². The molecule has 0 aliphatic rings. The quantitative estimate of drug-likeness (QED) is 0.340. The molecule has 0 bridgehead atoms. The topological polar surface area (TPSA) is 99.2 Å². The minimum Gasteiger partial charge on any atom is -0.386 e. The molecule has 0 fully saturated rings. The lowest BCUT2D eigenvalue weighted by Crippen LogP contribution is -2.33. The van der Waals surface area contributed by atoms with E-state index >= 15 is 0 Å². The number of halogens is 2. The van der Waals surface area contributed by atoms with E-state index in [1.807, 2.05) is 6.07 Å². The first-order valence-electron chi connectivity index (χ1n) is 9.51. The van der Waals surface area contributed by atoms with Crippen LogP contribution in [0.1, 0.15) is 0 Å². The van der Waals surface area contributed by atoms with Gasteiger partial charge in [0.2, 0.25) is 0 Å². The molecule has 0 saturated heterocycles. The summed E-state index contributed by atoms with van der Waals surface area (Å²) in [5, 5.41) is 5.44. The van der Waals surface area contributed by atoms with E-state index in [1.165, 1.54) is 52.8 Å². The number of carbonyl (C=O) groups is 1. The Morgan fingerprint density at radius 1 is 1.18 bits per heavy atom. The summed E-state index contributed by atoms with van der Waals surface area (Å²) in [5.41, 5.74) is -0.184. The Labute approximate surface area is 200 Å². The van der Waals surface area contributed by atoms with Gasteiger partial charge in [-0.15, -0.1) is 11.3 Å². The number of anilines is 2. The molecule has 8 nitrogen and oxygen atoms in total. The lowest BCUT2D eigenvalue weighted by atomic mass is 10.2. The molecule has 0 unspecified atom stereocenters. The average Bonchev–Trinajstić information content (AvgIpc) is 3.19. The number of urea groups is 1. The zero-order valence-corrected chi connectivity index (χ0v) is 19.7. The van der Waals surface area contributed by atoms with E-state index in [0.717, 1.165) is 14.8 Å². The van der Waals surface area contributed by atoms with Crippen molar-refractivity contribution >= 4 is 63.2 Å². The smallest absolute Gasteiger partial charge is 0.333 e. The fraction of sp³-hybridized carbons (Fsp3) is 0.0952. The number of hydrogen-bond acceptors (Lipinski definition) is 6. The molecule has 0 aliphatic carbocycles. The second kappa shape index (κ2) is 9.30. The first kappa shape index (κ1) is 22.9. The molecular weight excluding hydrogens is 489 g/mol. The van der Waals surface area contributed by atoms with Crippen LogP contribution in [-0.4, -0.2) is 34.0 Å². The Balaban J connectivity index is 1.57. The standard InChI is InChI=1S/C21H17ClFN5O3S2/c1-24-16-10-15-13(9-14(16)23)19(29)28(21(31)26-15)12-5-3-11(4-6-12)25-20(30)27(2)33-18-8-7-17(22)32-18/h3-10,24H,1-2H3,(H,25,30)(H,26,31). The zero-order chi connectivity index (χ0) is 23.7. The molecule has 4 rings (SSSR count). The van der Waals surface area contributed by atoms with Gasteiger partial charge < -0.3 is 15.6 Å². The maximum absolute atomic E-state index is 14.2. The number of rotatable bonds is 5. The van der Waals surface area contributed by atoms with Crippen molar-refractivity contribution in [1.82, 2.24) is 13.9 Å². The predicted octanol–water partition coefficient (Wildman–Crippen LogP) is 4.75. The number of carbonyl (C=O) groups excluding carboxylic acids is 1. The molecule has 2 aromatic heterocycles. The third kappa shape index (κ3) is 4.75. The van der Waals surface area contributed by atoms with Gasteiger partial charge in [0.05, 0.1) is 30.8 Å². The van der Waals surface area contributed by atoms with Crippen LogP contribution in [0.25, 0.3) is 16.6 Å². The molecule has 4 aromatic rings. The fourth-order valence-electron chi connectivity index (χ4n) is 3.08. The van der Waals surface area contributed by atoms with Gasteiger partial charge in [-0.25, -0.2) is 18.5 Å². The number of aromatic nitrogens is 2. The van der Waals surface area contributed by atoms with Gasteiger partial charge in [0.15, 0.2) is 0 Å². The molecular formula is C21H17ClFN5O3S2. The minimum absolute atomic E-state index is 0.0378. The van der Waals surface area contributed by atoms with E-state index in [9.17, 15) is 18.8 Å². The van der Waals surface area contributed by atoms with Gasteiger partial charge >= 0.3 is 11.7 Å². The molecule has 2 amide bonds. The number of H-pyrrole nitrogens is 1. The molecule has 0 saturated carbocycles. The number of amides is 2. The normalized spacial score (nSPS) is 10.9. The summed E-state index contributed by atoms with van der Waals surface area (Å²) >= 11 is 8.50. The van der Waals surface area contributed by atoms with Crippen molar-refractivity contribution in [3.63, 3.8) is 0 Å². The Hall–Kier alpha value is -3.28. The molecule has 12 heteroatoms. The molecule has 2 aromatic carbocycles. The van der Waals surface area contributed by atoms with E-state index in [2.05, 4.69) is 15.6 Å². The number of nitrogens with one attached hydrogen (secondary N) is 3. The third-order valence-electron chi connectivity index (χ3n) is 4.69. The highest BCUT2D eigenvalue weighted by atomic mass is 35.5. The van der Waals surface area contributed by atoms with E-state index in [-0.39, 0.29) is 28.3 Å². The Kier molecular flexibility index (Phi) is 6.45. The lowest BCUT2D eigenvalue weighted by Gasteiger charge is -2.16. The molecule has 33 heavy (non-hydrogen) atoms. The highest BCUT2D eigenvalue weighted by Crippen LogP contribution is 2.32. The van der Waals surface area contributed by atoms with Crippen molar-refractivity contribution < 1.29 is 9.18 Å². The highest BCUT2D eigenvalue weighted by Gasteiger charge is 2.14. The van der Waals surface area contributed by atoms with Crippen LogP contribution in [-0.2, 0) is 0 Å². The SMILES string of the molecule is CNc1cc2[nH]c(=O)n(-c3ccc(NC(=O)N(C)Sc4ccc(Cl)s4)cc3)c(=O)c2cc1F. The van der Waals surface area contributed by atoms with E-state index in [1.54, 1.807) is 25.2 Å². The summed E-state index contributed by atoms with van der Waals surface area (Å²) in [6.07, 6.45) is 0. The van der Waals surface area contributed by atoms with Crippen LogP contribution in [0.15, 0.2) is 62.3 Å². The van der Waals surface area contributed by atoms with Gasteiger partial charge in [0, 0.05) is 31.7 Å². The largest absolute Gasteiger partial charge is 0.386 e. The van der Waals surface area contributed by atoms with Gasteiger partial charge in [-0.2, -0.15) is 0 Å². The first-order chi connectivity index (χ1) is 15.8. The maximum Gasteiger partial charge on any atom is 0.333 e. The summed E-state index contributed by atoms with van der Waals surface area (Å²) in [6.45, 7) is 0. The lowest BCUT2D eigenvalue weighted by molar-refractivity contribution is 0.243. The fourth-order valence-corrected chi connectivity index (χ4v) is 5.28. The summed E-state index contributed by atoms with van der Waals surface area (Å²) in [5.74, 6) is -0.606. The maximum atomic E-state index is 14.2. The Morgan fingerprint density at radius 2 is 1.91 bits per heavy atom. The van der Waals surface area contributed by atoms with Gasteiger partial charge in [0.25, 0.3) is 5.56 Å². The van der Waals surface area contributed by atoms with Crippen LogP contribution in [0.2, 0.25) is 4.34 Å². The highest BCUT2D eigenvalue weighted by molar-refractivity contribution is 7.99. The number of thiophene rings is 1. The molecule has 0 aliphatic heterocycles. The second-order valence-electron chi connectivity index (χ2n) is 6.82. The van der Waals surface area contributed by atoms with Crippen molar-refractivity contribution in [1.29, 1.82) is 0 Å². The average molecular weight is 506 g/mol. The van der Waals surface area contributed by atoms with Gasteiger partial charge in [0.1, 0.15) is 5.82 Å². The molecule has 0 spiro atoms. The molecule has 170 valence electrons. The van der Waals surface area contributed by atoms with Crippen molar-refractivity contribution in [2.45, 2.75) is 4.21 Å². The number of aromatic amines is 1. The van der Waals surface area contributed by atoms with E-state index < -0.39 is 17.1 Å². The molecule has 0 radical (unpaired) electrons. The van der Waals surface area contributed by atoms with Crippen molar-refractivity contribution in [2.75, 3.05) is 24.7 Å². The van der Waals surface area contributed by atoms with Gasteiger partial charge in [-0.3, -0.25) is 9.10 Å². The summed E-state index contributed by atoms with van der Waals surface area (Å²) < 4.78 is 18.0. The van der Waals surface area contributed by atoms with E-state index in [0.29, 0.717) is 10.0 Å². The number of hydrogen-bond donors (Lipinski definition) is 3. The summed E-state index contributed by atoms with van der Waals surface area (Å²) in [7, 11) is 3.16. The van der Waals surface area contributed by atoms with Crippen molar-refractivity contribution in [3.8, 4) is 5.69 Å². The Bertz CT molecular complexity index is 1470. The molecule has 3 N–H and O–H groups in total. The van der Waals surface area contributed by atoms with Crippen LogP contribution in [0.5, 0.6) is 0 Å². The van der Waals surface area contributed by atoms with Gasteiger partial charge in [-0.05, 0) is 48.5 Å². The zero-order valence-electron chi connectivity index (χ0n) is 17.3. The van der Waals surface area contributed by atoms with Crippen molar-refractivity contribution in [2.24, 2.45) is 0 Å². The third-order valence-corrected chi connectivity index (χ3v) is 6.95. The van der Waals surface area contributed by atoms with Crippen LogP contribution < -0.4 is 21.9 Å². The number of benzene rings is 2. The van der Waals surface area contributed by atoms with Crippen LogP contribution in [0, 0.1) is 5.82 Å². The predicted molar refractivity (Wildman–Crippen MR) is 132 cm³/mol. The summed E-state index contributed by atoms with van der Waals surface area (Å²) in [6, 6.07) is 11.8. The first-order valence-corrected chi connectivity index (χ1v) is 11.5. The number of nitrogens with zero attached hydrogens (tertiary/aromatic N) is 2. The summed E-state index contributed by atoms with van der Waals surface area (Å²) in [4.78, 5) is 40.5. The minimum atomic E-state index is -0.663. The van der Waals surface area contributed by atoms with Crippen LogP contribution in [0.3, 0.4) is 0 Å². The molecule has 0 atom stereocenters. The molecule has 2 heterocycles. The number of fused-ring (bicyclic) bond motifs is 1. The monoisotopic (exact) mass is 505 g/mol. The van der Waals surface area contributed by atoms with Crippen molar-refractivity contribution in [3.05, 3.63) is 79.5 Å². The van der Waals surface area contributed by atoms with Crippen LogP contribution in [0.4, 0.5) is 20.6 Å². The van der Waals surface area contributed by atoms with E-state index in [4.69, 9.17) is 11.6 Å². The van der Waals surface area contributed by atoms with Gasteiger partial charge in [-0.1, -0.05) is 11.6 Å². The Morgan fingerprint density at radius 3 is 2.55 bits per heavy atom. The second-order valence-corrected chi connectivity index (χ2v) is 9.97.